The van der Waals surface area contributed by atoms with Crippen LogP contribution in [0.2, 0.25) is 0 Å². The van der Waals surface area contributed by atoms with Crippen molar-refractivity contribution < 1.29 is 4.79 Å². The van der Waals surface area contributed by atoms with Crippen molar-refractivity contribution in [3.8, 4) is 0 Å². The number of carbonyl (C=O) groups is 1. The molecule has 1 rings (SSSR count). The molecule has 1 N–H and O–H groups in total. The molecule has 1 aliphatic rings. The highest BCUT2D eigenvalue weighted by molar-refractivity contribution is 5.83. The van der Waals surface area contributed by atoms with Crippen molar-refractivity contribution in [2.75, 3.05) is 0 Å². The molecule has 0 aliphatic heterocycles. The second-order valence-electron chi connectivity index (χ2n) is 5.12. The molecule has 0 aromatic carbocycles. The topological polar surface area (TPSA) is 29.1 Å². The molecule has 0 radical (unpaired) electrons. The number of amides is 1. The van der Waals surface area contributed by atoms with E-state index in [9.17, 15) is 4.79 Å². The van der Waals surface area contributed by atoms with Crippen LogP contribution >= 0.6 is 0 Å². The molecule has 1 fully saturated rings. The van der Waals surface area contributed by atoms with Crippen LogP contribution in [0.1, 0.15) is 47.0 Å². The highest BCUT2D eigenvalue weighted by Crippen LogP contribution is 2.40. The van der Waals surface area contributed by atoms with E-state index in [2.05, 4.69) is 12.2 Å². The molecule has 0 unspecified atom stereocenters. The van der Waals surface area contributed by atoms with Gasteiger partial charge in [0.2, 0.25) is 5.91 Å². The maximum absolute atomic E-state index is 11.7. The Labute approximate surface area is 74.7 Å². The van der Waals surface area contributed by atoms with E-state index < -0.39 is 0 Å². The Bertz CT molecular complexity index is 187. The van der Waals surface area contributed by atoms with Crippen molar-refractivity contribution in [1.82, 2.24) is 5.32 Å². The Morgan fingerprint density at radius 2 is 1.83 bits per heavy atom. The normalized spacial score (nSPS) is 21.3. The molecule has 1 amide bonds. The first-order valence-corrected chi connectivity index (χ1v) is 4.66. The summed E-state index contributed by atoms with van der Waals surface area (Å²) in [6.07, 6.45) is 3.30. The van der Waals surface area contributed by atoms with E-state index in [4.69, 9.17) is 0 Å². The number of rotatable bonds is 1. The minimum absolute atomic E-state index is 0.0622. The highest BCUT2D eigenvalue weighted by atomic mass is 16.2. The fourth-order valence-electron chi connectivity index (χ4n) is 1.43. The lowest BCUT2D eigenvalue weighted by Gasteiger charge is -2.38. The smallest absolute Gasteiger partial charge is 0.226 e. The summed E-state index contributed by atoms with van der Waals surface area (Å²) in [4.78, 5) is 11.7. The van der Waals surface area contributed by atoms with Crippen molar-refractivity contribution in [1.29, 1.82) is 0 Å². The largest absolute Gasteiger partial charge is 0.351 e. The lowest BCUT2D eigenvalue weighted by Crippen LogP contribution is -2.50. The fourth-order valence-corrected chi connectivity index (χ4v) is 1.43. The maximum atomic E-state index is 11.7. The van der Waals surface area contributed by atoms with Gasteiger partial charge in [0.15, 0.2) is 0 Å². The SMILES string of the molecule is CC(C)(C)NC(=O)C1(C)CCC1. The van der Waals surface area contributed by atoms with Crippen molar-refractivity contribution in [3.05, 3.63) is 0 Å². The molecule has 0 spiro atoms. The van der Waals surface area contributed by atoms with E-state index in [0.29, 0.717) is 0 Å². The summed E-state index contributed by atoms with van der Waals surface area (Å²) in [5, 5.41) is 3.02. The van der Waals surface area contributed by atoms with Crippen LogP contribution in [-0.2, 0) is 4.79 Å². The van der Waals surface area contributed by atoms with Crippen molar-refractivity contribution in [3.63, 3.8) is 0 Å². The van der Waals surface area contributed by atoms with Gasteiger partial charge in [-0.25, -0.2) is 0 Å². The van der Waals surface area contributed by atoms with Gasteiger partial charge in [0.25, 0.3) is 0 Å². The Hall–Kier alpha value is -0.530. The van der Waals surface area contributed by atoms with Crippen LogP contribution in [0, 0.1) is 5.41 Å². The van der Waals surface area contributed by atoms with Gasteiger partial charge >= 0.3 is 0 Å². The molecule has 2 nitrogen and oxygen atoms in total. The zero-order chi connectivity index (χ0) is 9.41. The first-order chi connectivity index (χ1) is 5.33. The lowest BCUT2D eigenvalue weighted by molar-refractivity contribution is -0.136. The van der Waals surface area contributed by atoms with Gasteiger partial charge in [-0.15, -0.1) is 0 Å². The van der Waals surface area contributed by atoms with E-state index in [1.807, 2.05) is 20.8 Å². The summed E-state index contributed by atoms with van der Waals surface area (Å²) in [6.45, 7) is 8.12. The quantitative estimate of drug-likeness (QED) is 0.640. The average Bonchev–Trinajstić information content (AvgIpc) is 1.78. The van der Waals surface area contributed by atoms with Crippen LogP contribution in [0.4, 0.5) is 0 Å². The Morgan fingerprint density at radius 3 is 2.08 bits per heavy atom. The monoisotopic (exact) mass is 169 g/mol. The second-order valence-corrected chi connectivity index (χ2v) is 5.12. The third kappa shape index (κ3) is 1.99. The van der Waals surface area contributed by atoms with Crippen LogP contribution in [0.3, 0.4) is 0 Å². The minimum atomic E-state index is -0.0876. The summed E-state index contributed by atoms with van der Waals surface area (Å²) in [6, 6.07) is 0. The van der Waals surface area contributed by atoms with Crippen LogP contribution in [-0.4, -0.2) is 11.4 Å². The highest BCUT2D eigenvalue weighted by Gasteiger charge is 2.40. The molecule has 0 saturated heterocycles. The van der Waals surface area contributed by atoms with E-state index in [1.165, 1.54) is 6.42 Å². The van der Waals surface area contributed by atoms with Gasteiger partial charge in [-0.3, -0.25) is 4.79 Å². The molecule has 1 aliphatic carbocycles. The predicted octanol–water partition coefficient (Wildman–Crippen LogP) is 2.09. The van der Waals surface area contributed by atoms with Crippen LogP contribution < -0.4 is 5.32 Å². The van der Waals surface area contributed by atoms with E-state index >= 15 is 0 Å². The second kappa shape index (κ2) is 2.75. The first kappa shape index (κ1) is 9.56. The van der Waals surface area contributed by atoms with Gasteiger partial charge in [-0.05, 0) is 33.6 Å². The van der Waals surface area contributed by atoms with E-state index in [1.54, 1.807) is 0 Å². The molecule has 0 heterocycles. The van der Waals surface area contributed by atoms with Crippen molar-refractivity contribution >= 4 is 5.91 Å². The van der Waals surface area contributed by atoms with Crippen molar-refractivity contribution in [2.24, 2.45) is 5.41 Å². The van der Waals surface area contributed by atoms with Gasteiger partial charge in [-0.1, -0.05) is 13.3 Å². The number of hydrogen-bond acceptors (Lipinski definition) is 1. The van der Waals surface area contributed by atoms with Gasteiger partial charge < -0.3 is 5.32 Å². The molecule has 12 heavy (non-hydrogen) atoms. The zero-order valence-corrected chi connectivity index (χ0v) is 8.53. The molecule has 70 valence electrons. The number of nitrogens with one attached hydrogen (secondary N) is 1. The van der Waals surface area contributed by atoms with Gasteiger partial charge in [-0.2, -0.15) is 0 Å². The average molecular weight is 169 g/mol. The molecule has 1 saturated carbocycles. The predicted molar refractivity (Wildman–Crippen MR) is 49.9 cm³/mol. The molecular weight excluding hydrogens is 150 g/mol. The van der Waals surface area contributed by atoms with Crippen LogP contribution in [0.5, 0.6) is 0 Å². The summed E-state index contributed by atoms with van der Waals surface area (Å²) >= 11 is 0. The molecule has 0 atom stereocenters. The maximum Gasteiger partial charge on any atom is 0.226 e. The third-order valence-corrected chi connectivity index (χ3v) is 2.49. The summed E-state index contributed by atoms with van der Waals surface area (Å²) < 4.78 is 0. The van der Waals surface area contributed by atoms with E-state index in [-0.39, 0.29) is 16.9 Å². The standard InChI is InChI=1S/C10H19NO/c1-9(2,3)11-8(12)10(4)6-5-7-10/h5-7H2,1-4H3,(H,11,12). The summed E-state index contributed by atoms with van der Waals surface area (Å²) in [5.41, 5.74) is -0.150. The third-order valence-electron chi connectivity index (χ3n) is 2.49. The number of carbonyl (C=O) groups excluding carboxylic acids is 1. The molecule has 2 heteroatoms. The van der Waals surface area contributed by atoms with Crippen molar-refractivity contribution in [2.45, 2.75) is 52.5 Å². The Balaban J connectivity index is 2.49. The minimum Gasteiger partial charge on any atom is -0.351 e. The van der Waals surface area contributed by atoms with Crippen LogP contribution in [0.15, 0.2) is 0 Å². The fraction of sp³-hybridized carbons (Fsp3) is 0.900. The Morgan fingerprint density at radius 1 is 1.33 bits per heavy atom. The first-order valence-electron chi connectivity index (χ1n) is 4.66. The van der Waals surface area contributed by atoms with Gasteiger partial charge in [0.05, 0.1) is 0 Å². The molecular formula is C10H19NO. The lowest BCUT2D eigenvalue weighted by atomic mass is 9.69. The summed E-state index contributed by atoms with van der Waals surface area (Å²) in [5.74, 6) is 0.223. The summed E-state index contributed by atoms with van der Waals surface area (Å²) in [7, 11) is 0. The molecule has 0 aromatic heterocycles. The molecule has 0 aromatic rings. The Kier molecular flexibility index (Phi) is 2.19. The van der Waals surface area contributed by atoms with Gasteiger partial charge in [0.1, 0.15) is 0 Å². The zero-order valence-electron chi connectivity index (χ0n) is 8.53. The number of hydrogen-bond donors (Lipinski definition) is 1. The van der Waals surface area contributed by atoms with Gasteiger partial charge in [0, 0.05) is 11.0 Å². The molecule has 0 bridgehead atoms. The van der Waals surface area contributed by atoms with Crippen LogP contribution in [0.25, 0.3) is 0 Å². The van der Waals surface area contributed by atoms with E-state index in [0.717, 1.165) is 12.8 Å².